The highest BCUT2D eigenvalue weighted by Crippen LogP contribution is 2.21. The number of sulfonamides is 1. The van der Waals surface area contributed by atoms with Crippen molar-refractivity contribution in [2.24, 2.45) is 0 Å². The number of hydrogen-bond acceptors (Lipinski definition) is 4. The van der Waals surface area contributed by atoms with Gasteiger partial charge in [0, 0.05) is 0 Å². The summed E-state index contributed by atoms with van der Waals surface area (Å²) in [7, 11) is -4.45. The van der Waals surface area contributed by atoms with Crippen LogP contribution in [0.5, 0.6) is 0 Å². The predicted molar refractivity (Wildman–Crippen MR) is 58.2 cm³/mol. The van der Waals surface area contributed by atoms with Crippen LogP contribution in [-0.2, 0) is 10.0 Å². The number of nitrogens with one attached hydrogen (secondary N) is 2. The van der Waals surface area contributed by atoms with E-state index < -0.39 is 32.4 Å². The van der Waals surface area contributed by atoms with Crippen LogP contribution in [0.2, 0.25) is 0 Å². The van der Waals surface area contributed by atoms with Crippen LogP contribution in [0.4, 0.5) is 19.1 Å². The van der Waals surface area contributed by atoms with E-state index in [2.05, 4.69) is 15.2 Å². The highest BCUT2D eigenvalue weighted by atomic mass is 32.2. The van der Waals surface area contributed by atoms with Crippen molar-refractivity contribution < 1.29 is 21.6 Å². The normalized spacial score (nSPS) is 11.6. The van der Waals surface area contributed by atoms with Gasteiger partial charge in [0.05, 0.1) is 0 Å². The largest absolute Gasteiger partial charge is 0.267 e. The Labute approximate surface area is 105 Å². The third kappa shape index (κ3) is 2.52. The maximum absolute atomic E-state index is 13.4. The molecule has 19 heavy (non-hydrogen) atoms. The lowest BCUT2D eigenvalue weighted by Crippen LogP contribution is -2.16. The molecule has 0 saturated carbocycles. The van der Waals surface area contributed by atoms with Crippen molar-refractivity contribution >= 4 is 16.0 Å². The quantitative estimate of drug-likeness (QED) is 0.835. The fraction of sp³-hybridized carbons (Fsp3) is 0.111. The molecule has 0 spiro atoms. The van der Waals surface area contributed by atoms with Gasteiger partial charge in [0.2, 0.25) is 0 Å². The maximum Gasteiger partial charge on any atom is 0.267 e. The predicted octanol–water partition coefficient (Wildman–Crippen LogP) is 1.33. The molecule has 0 saturated heterocycles. The molecular weight excluding hydrogens is 285 g/mol. The van der Waals surface area contributed by atoms with E-state index in [-0.39, 0.29) is 5.95 Å². The third-order valence-electron chi connectivity index (χ3n) is 2.11. The van der Waals surface area contributed by atoms with Crippen LogP contribution in [0.3, 0.4) is 0 Å². The third-order valence-corrected chi connectivity index (χ3v) is 3.46. The average molecular weight is 292 g/mol. The first-order chi connectivity index (χ1) is 8.81. The molecule has 0 unspecified atom stereocenters. The summed E-state index contributed by atoms with van der Waals surface area (Å²) in [6.45, 7) is 1.52. The SMILES string of the molecule is Cc1nc(NS(=O)(=O)c2ccc(F)c(F)c2F)n[nH]1. The number of rotatable bonds is 3. The fourth-order valence-electron chi connectivity index (χ4n) is 1.28. The van der Waals surface area contributed by atoms with Crippen molar-refractivity contribution in [2.75, 3.05) is 4.72 Å². The Hall–Kier alpha value is -2.10. The first kappa shape index (κ1) is 13.3. The summed E-state index contributed by atoms with van der Waals surface area (Å²) >= 11 is 0. The monoisotopic (exact) mass is 292 g/mol. The average Bonchev–Trinajstić information content (AvgIpc) is 2.70. The topological polar surface area (TPSA) is 87.7 Å². The molecule has 1 aromatic carbocycles. The zero-order valence-electron chi connectivity index (χ0n) is 9.41. The molecule has 0 atom stereocenters. The Morgan fingerprint density at radius 2 is 1.89 bits per heavy atom. The highest BCUT2D eigenvalue weighted by molar-refractivity contribution is 7.92. The summed E-state index contributed by atoms with van der Waals surface area (Å²) in [5, 5.41) is 5.84. The Morgan fingerprint density at radius 1 is 1.21 bits per heavy atom. The van der Waals surface area contributed by atoms with Crippen LogP contribution in [0.1, 0.15) is 5.82 Å². The molecule has 0 radical (unpaired) electrons. The molecule has 0 fully saturated rings. The number of aryl methyl sites for hydroxylation is 1. The van der Waals surface area contributed by atoms with Gasteiger partial charge in [-0.05, 0) is 19.1 Å². The molecule has 2 N–H and O–H groups in total. The van der Waals surface area contributed by atoms with E-state index in [0.717, 1.165) is 0 Å². The number of aromatic amines is 1. The molecule has 0 bridgehead atoms. The van der Waals surface area contributed by atoms with E-state index in [1.807, 2.05) is 4.72 Å². The van der Waals surface area contributed by atoms with Crippen molar-refractivity contribution in [3.63, 3.8) is 0 Å². The summed E-state index contributed by atoms with van der Waals surface area (Å²) < 4.78 is 64.4. The summed E-state index contributed by atoms with van der Waals surface area (Å²) in [4.78, 5) is 2.61. The molecule has 0 amide bonds. The van der Waals surface area contributed by atoms with E-state index >= 15 is 0 Å². The molecule has 2 aromatic rings. The van der Waals surface area contributed by atoms with Crippen molar-refractivity contribution in [2.45, 2.75) is 11.8 Å². The number of H-pyrrole nitrogens is 1. The molecule has 1 aromatic heterocycles. The second kappa shape index (κ2) is 4.53. The smallest absolute Gasteiger partial charge is 0.261 e. The lowest BCUT2D eigenvalue weighted by Gasteiger charge is -2.06. The summed E-state index contributed by atoms with van der Waals surface area (Å²) in [5.74, 6) is -5.16. The molecule has 102 valence electrons. The molecule has 10 heteroatoms. The van der Waals surface area contributed by atoms with E-state index in [9.17, 15) is 21.6 Å². The molecule has 0 aliphatic carbocycles. The Balaban J connectivity index is 2.43. The van der Waals surface area contributed by atoms with Crippen molar-refractivity contribution in [1.82, 2.24) is 15.2 Å². The molecular formula is C9H7F3N4O2S. The van der Waals surface area contributed by atoms with Crippen LogP contribution < -0.4 is 4.72 Å². The van der Waals surface area contributed by atoms with Gasteiger partial charge in [0.1, 0.15) is 10.7 Å². The number of halogens is 3. The van der Waals surface area contributed by atoms with Gasteiger partial charge in [-0.2, -0.15) is 4.98 Å². The highest BCUT2D eigenvalue weighted by Gasteiger charge is 2.25. The Morgan fingerprint density at radius 3 is 2.47 bits per heavy atom. The molecule has 1 heterocycles. The van der Waals surface area contributed by atoms with Gasteiger partial charge in [-0.3, -0.25) is 5.10 Å². The van der Waals surface area contributed by atoms with Gasteiger partial charge in [-0.15, -0.1) is 5.10 Å². The van der Waals surface area contributed by atoms with Crippen LogP contribution in [0, 0.1) is 24.4 Å². The van der Waals surface area contributed by atoms with E-state index in [4.69, 9.17) is 0 Å². The lowest BCUT2D eigenvalue weighted by molar-refractivity contribution is 0.432. The molecule has 0 aliphatic rings. The number of aromatic nitrogens is 3. The van der Waals surface area contributed by atoms with Crippen LogP contribution in [-0.4, -0.2) is 23.6 Å². The number of benzene rings is 1. The number of anilines is 1. The van der Waals surface area contributed by atoms with Gasteiger partial charge in [0.25, 0.3) is 16.0 Å². The van der Waals surface area contributed by atoms with Crippen LogP contribution >= 0.6 is 0 Å². The number of nitrogens with zero attached hydrogens (tertiary/aromatic N) is 2. The Bertz CT molecular complexity index is 729. The molecule has 6 nitrogen and oxygen atoms in total. The summed E-state index contributed by atoms with van der Waals surface area (Å²) in [5.41, 5.74) is 0. The fourth-order valence-corrected chi connectivity index (χ4v) is 2.29. The van der Waals surface area contributed by atoms with Gasteiger partial charge in [-0.25, -0.2) is 26.3 Å². The second-order valence-electron chi connectivity index (χ2n) is 3.52. The van der Waals surface area contributed by atoms with E-state index in [0.29, 0.717) is 18.0 Å². The zero-order valence-corrected chi connectivity index (χ0v) is 10.2. The van der Waals surface area contributed by atoms with E-state index in [1.165, 1.54) is 6.92 Å². The summed E-state index contributed by atoms with van der Waals surface area (Å²) in [6, 6.07) is 1.12. The minimum atomic E-state index is -4.45. The first-order valence-electron chi connectivity index (χ1n) is 4.86. The maximum atomic E-state index is 13.4. The molecule has 0 aliphatic heterocycles. The minimum absolute atomic E-state index is 0.323. The summed E-state index contributed by atoms with van der Waals surface area (Å²) in [6.07, 6.45) is 0. The lowest BCUT2D eigenvalue weighted by atomic mass is 10.3. The van der Waals surface area contributed by atoms with Crippen molar-refractivity contribution in [1.29, 1.82) is 0 Å². The minimum Gasteiger partial charge on any atom is -0.261 e. The number of hydrogen-bond donors (Lipinski definition) is 2. The van der Waals surface area contributed by atoms with Crippen molar-refractivity contribution in [3.05, 3.63) is 35.4 Å². The zero-order chi connectivity index (χ0) is 14.2. The van der Waals surface area contributed by atoms with E-state index in [1.54, 1.807) is 0 Å². The van der Waals surface area contributed by atoms with Crippen LogP contribution in [0.25, 0.3) is 0 Å². The van der Waals surface area contributed by atoms with Gasteiger partial charge in [-0.1, -0.05) is 0 Å². The second-order valence-corrected chi connectivity index (χ2v) is 5.17. The Kier molecular flexibility index (Phi) is 3.18. The van der Waals surface area contributed by atoms with Gasteiger partial charge in [0.15, 0.2) is 17.5 Å². The van der Waals surface area contributed by atoms with Gasteiger partial charge >= 0.3 is 0 Å². The standard InChI is InChI=1S/C9H7F3N4O2S/c1-4-13-9(15-14-4)16-19(17,18)6-3-2-5(10)7(11)8(6)12/h2-3H,1H3,(H2,13,14,15,16). The van der Waals surface area contributed by atoms with Gasteiger partial charge < -0.3 is 0 Å². The first-order valence-corrected chi connectivity index (χ1v) is 6.35. The van der Waals surface area contributed by atoms with Crippen LogP contribution in [0.15, 0.2) is 17.0 Å². The van der Waals surface area contributed by atoms with Crippen molar-refractivity contribution in [3.8, 4) is 0 Å². The molecule has 2 rings (SSSR count).